The van der Waals surface area contributed by atoms with Crippen LogP contribution in [0.3, 0.4) is 0 Å². The van der Waals surface area contributed by atoms with Gasteiger partial charge in [0.05, 0.1) is 0 Å². The predicted octanol–water partition coefficient (Wildman–Crippen LogP) is -1.17. The third kappa shape index (κ3) is 120. The van der Waals surface area contributed by atoms with Gasteiger partial charge in [0, 0.05) is 49.4 Å². The molecule has 0 heterocycles. The van der Waals surface area contributed by atoms with E-state index in [4.69, 9.17) is 15.3 Å². The first-order valence-electron chi connectivity index (χ1n) is 0.565. The average molecular weight is 233 g/mol. The van der Waals surface area contributed by atoms with Crippen LogP contribution in [0.25, 0.3) is 0 Å². The van der Waals surface area contributed by atoms with E-state index in [1.165, 1.54) is 0 Å². The standard InChI is InChI=1S/Eu.HNO3.H2O/c;2-1(3)4;/h;(H,2,3,4);1H2. The van der Waals surface area contributed by atoms with Gasteiger partial charge in [-0.25, -0.2) is 0 Å². The third-order valence-corrected chi connectivity index (χ3v) is 0. The number of hydrogen-bond acceptors (Lipinski definition) is 2. The van der Waals surface area contributed by atoms with Crippen molar-refractivity contribution in [2.24, 2.45) is 0 Å². The van der Waals surface area contributed by atoms with Crippen LogP contribution in [0.15, 0.2) is 0 Å². The minimum atomic E-state index is -1.50. The molecule has 5 nitrogen and oxygen atoms in total. The first-order chi connectivity index (χ1) is 1.73. The Morgan fingerprint density at radius 1 is 1.67 bits per heavy atom. The maximum Gasteiger partial charge on any atom is 0.291 e. The molecule has 3 N–H and O–H groups in total. The second-order valence-electron chi connectivity index (χ2n) is 0.238. The second-order valence-corrected chi connectivity index (χ2v) is 0.238. The van der Waals surface area contributed by atoms with Crippen LogP contribution in [0.2, 0.25) is 0 Å². The number of hydrogen-bond donors (Lipinski definition) is 1. The van der Waals surface area contributed by atoms with E-state index in [-0.39, 0.29) is 54.9 Å². The molecule has 0 aliphatic carbocycles. The van der Waals surface area contributed by atoms with Gasteiger partial charge in [0.25, 0.3) is 5.09 Å². The fourth-order valence-electron chi connectivity index (χ4n) is 0. The van der Waals surface area contributed by atoms with Crippen LogP contribution in [0.1, 0.15) is 0 Å². The van der Waals surface area contributed by atoms with E-state index in [0.29, 0.717) is 0 Å². The van der Waals surface area contributed by atoms with E-state index < -0.39 is 5.09 Å². The molecule has 0 spiro atoms. The van der Waals surface area contributed by atoms with E-state index in [0.717, 1.165) is 0 Å². The Balaban J connectivity index is -0.0000000450. The Morgan fingerprint density at radius 3 is 1.67 bits per heavy atom. The second kappa shape index (κ2) is 9.22. The van der Waals surface area contributed by atoms with Gasteiger partial charge in [-0.3, -0.25) is 0 Å². The molecule has 0 atom stereocenters. The fraction of sp³-hybridized carbons (Fsp3) is 0. The predicted molar refractivity (Wildman–Crippen MR) is 12.4 cm³/mol. The van der Waals surface area contributed by atoms with E-state index in [1.54, 1.807) is 0 Å². The summed E-state index contributed by atoms with van der Waals surface area (Å²) in [5.41, 5.74) is 0. The molecule has 39 valence electrons. The van der Waals surface area contributed by atoms with Crippen molar-refractivity contribution in [1.82, 2.24) is 0 Å². The summed E-state index contributed by atoms with van der Waals surface area (Å²) in [6, 6.07) is 0. The molecule has 1 radical (unpaired) electrons. The maximum absolute atomic E-state index is 8.36. The Kier molecular flexibility index (Phi) is 24.4. The zero-order chi connectivity index (χ0) is 3.58. The summed E-state index contributed by atoms with van der Waals surface area (Å²) in [5, 5.41) is 13.6. The topological polar surface area (TPSA) is 94.9 Å². The maximum atomic E-state index is 8.36. The van der Waals surface area contributed by atoms with Crippen LogP contribution in [0.4, 0.5) is 0 Å². The van der Waals surface area contributed by atoms with Crippen molar-refractivity contribution >= 4 is 0 Å². The minimum Gasteiger partial charge on any atom is -0.412 e. The van der Waals surface area contributed by atoms with Gasteiger partial charge in [0.2, 0.25) is 0 Å². The molecule has 0 aliphatic heterocycles. The van der Waals surface area contributed by atoms with Crippen molar-refractivity contribution in [2.75, 3.05) is 0 Å². The summed E-state index contributed by atoms with van der Waals surface area (Å²) in [4.78, 5) is 8.36. The van der Waals surface area contributed by atoms with E-state index in [1.807, 2.05) is 0 Å². The monoisotopic (exact) mass is 234 g/mol. The fourth-order valence-corrected chi connectivity index (χ4v) is 0. The van der Waals surface area contributed by atoms with Crippen LogP contribution in [0.5, 0.6) is 0 Å². The normalized spacial score (nSPS) is 4.00. The summed E-state index contributed by atoms with van der Waals surface area (Å²) >= 11 is 0. The molecule has 0 amide bonds. The number of rotatable bonds is 0. The summed E-state index contributed by atoms with van der Waals surface area (Å²) in [6.07, 6.45) is 0. The summed E-state index contributed by atoms with van der Waals surface area (Å²) in [7, 11) is 0. The van der Waals surface area contributed by atoms with Gasteiger partial charge in [0.15, 0.2) is 0 Å². The van der Waals surface area contributed by atoms with Gasteiger partial charge in [-0.05, 0) is 0 Å². The Bertz CT molecular complexity index is 30.5. The van der Waals surface area contributed by atoms with E-state index >= 15 is 0 Å². The molecule has 0 unspecified atom stereocenters. The van der Waals surface area contributed by atoms with Crippen molar-refractivity contribution in [3.8, 4) is 0 Å². The van der Waals surface area contributed by atoms with Gasteiger partial charge in [-0.1, -0.05) is 0 Å². The molecular formula is H3EuNO4. The van der Waals surface area contributed by atoms with Crippen molar-refractivity contribution in [1.29, 1.82) is 0 Å². The SMILES string of the molecule is O.O=[N+]([O-])O.[Eu]. The first kappa shape index (κ1) is 15.9. The summed E-state index contributed by atoms with van der Waals surface area (Å²) < 4.78 is 0. The summed E-state index contributed by atoms with van der Waals surface area (Å²) in [6.45, 7) is 0. The average Bonchev–Trinajstić information content (AvgIpc) is 0.811. The molecule has 0 bridgehead atoms. The Morgan fingerprint density at radius 2 is 1.67 bits per heavy atom. The van der Waals surface area contributed by atoms with Gasteiger partial charge in [-0.2, -0.15) is 0 Å². The number of nitrogens with zero attached hydrogens (tertiary/aromatic N) is 1. The molecule has 0 aromatic heterocycles. The van der Waals surface area contributed by atoms with Crippen LogP contribution in [-0.4, -0.2) is 15.8 Å². The molecule has 0 fully saturated rings. The molecule has 0 saturated carbocycles. The first-order valence-corrected chi connectivity index (χ1v) is 0.565. The quantitative estimate of drug-likeness (QED) is 0.421. The largest absolute Gasteiger partial charge is 0.412 e. The third-order valence-electron chi connectivity index (χ3n) is 0. The Hall–Kier alpha value is 0.744. The van der Waals surface area contributed by atoms with Crippen LogP contribution < -0.4 is 0 Å². The minimum absolute atomic E-state index is 0. The molecule has 0 aromatic carbocycles. The Labute approximate surface area is 74.3 Å². The molecule has 6 heavy (non-hydrogen) atoms. The molecule has 0 aliphatic rings. The summed E-state index contributed by atoms with van der Waals surface area (Å²) in [5.74, 6) is 0. The zero-order valence-corrected chi connectivity index (χ0v) is 5.01. The van der Waals surface area contributed by atoms with Crippen LogP contribution in [0, 0.1) is 59.5 Å². The smallest absolute Gasteiger partial charge is 0.291 e. The van der Waals surface area contributed by atoms with E-state index in [9.17, 15) is 0 Å². The zero-order valence-electron chi connectivity index (χ0n) is 2.59. The van der Waals surface area contributed by atoms with Crippen LogP contribution >= 0.6 is 0 Å². The molecule has 0 aromatic rings. The molecular weight excluding hydrogens is 230 g/mol. The van der Waals surface area contributed by atoms with Gasteiger partial charge < -0.3 is 10.7 Å². The van der Waals surface area contributed by atoms with Crippen LogP contribution in [-0.2, 0) is 0 Å². The van der Waals surface area contributed by atoms with Crippen molar-refractivity contribution in [3.63, 3.8) is 0 Å². The van der Waals surface area contributed by atoms with Crippen molar-refractivity contribution < 1.29 is 65.1 Å². The van der Waals surface area contributed by atoms with Crippen molar-refractivity contribution in [2.45, 2.75) is 0 Å². The molecule has 6 heteroatoms. The molecule has 0 saturated heterocycles. The van der Waals surface area contributed by atoms with Gasteiger partial charge in [-0.15, -0.1) is 10.1 Å². The van der Waals surface area contributed by atoms with E-state index in [2.05, 4.69) is 0 Å². The molecule has 0 rings (SSSR count). The van der Waals surface area contributed by atoms with Crippen molar-refractivity contribution in [3.05, 3.63) is 10.1 Å². The van der Waals surface area contributed by atoms with Gasteiger partial charge in [0.1, 0.15) is 0 Å². The van der Waals surface area contributed by atoms with Gasteiger partial charge >= 0.3 is 0 Å².